The molecule has 4 nitrogen and oxygen atoms in total. The van der Waals surface area contributed by atoms with E-state index in [1.54, 1.807) is 4.68 Å². The quantitative estimate of drug-likeness (QED) is 0.901. The molecule has 1 aromatic heterocycles. The highest BCUT2D eigenvalue weighted by Crippen LogP contribution is 2.30. The second-order valence-corrected chi connectivity index (χ2v) is 7.84. The van der Waals surface area contributed by atoms with Gasteiger partial charge in [-0.25, -0.2) is 0 Å². The molecule has 0 saturated carbocycles. The Bertz CT molecular complexity index is 734. The predicted molar refractivity (Wildman–Crippen MR) is 94.4 cm³/mol. The van der Waals surface area contributed by atoms with Crippen LogP contribution in [0.25, 0.3) is 0 Å². The summed E-state index contributed by atoms with van der Waals surface area (Å²) in [6.45, 7) is 7.56. The molecule has 1 aliphatic rings. The zero-order valence-electron chi connectivity index (χ0n) is 15.1. The molecule has 3 rings (SSSR count). The summed E-state index contributed by atoms with van der Waals surface area (Å²) in [7, 11) is 0. The lowest BCUT2D eigenvalue weighted by Crippen LogP contribution is -2.51. The molecule has 1 atom stereocenters. The SMILES string of the molecule is CC1(C)CN(Cc2cnn(Cc3ccc(C(F)(F)F)cc3)c2)CCC1N. The van der Waals surface area contributed by atoms with Gasteiger partial charge in [0.15, 0.2) is 0 Å². The molecule has 7 heteroatoms. The van der Waals surface area contributed by atoms with Gasteiger partial charge in [0.2, 0.25) is 0 Å². The average molecular weight is 366 g/mol. The van der Waals surface area contributed by atoms with E-state index in [0.29, 0.717) is 6.54 Å². The fourth-order valence-corrected chi connectivity index (χ4v) is 3.44. The number of hydrogen-bond acceptors (Lipinski definition) is 3. The fraction of sp³-hybridized carbons (Fsp3) is 0.526. The molecule has 1 unspecified atom stereocenters. The summed E-state index contributed by atoms with van der Waals surface area (Å²) in [5, 5.41) is 4.34. The number of nitrogens with zero attached hydrogens (tertiary/aromatic N) is 3. The van der Waals surface area contributed by atoms with Crippen molar-refractivity contribution in [3.05, 3.63) is 53.3 Å². The molecule has 0 spiro atoms. The van der Waals surface area contributed by atoms with Crippen LogP contribution in [0.15, 0.2) is 36.7 Å². The van der Waals surface area contributed by atoms with Gasteiger partial charge in [-0.05, 0) is 29.5 Å². The number of benzene rings is 1. The molecule has 2 aromatic rings. The van der Waals surface area contributed by atoms with Gasteiger partial charge in [0.25, 0.3) is 0 Å². The highest BCUT2D eigenvalue weighted by atomic mass is 19.4. The first-order valence-electron chi connectivity index (χ1n) is 8.79. The third kappa shape index (κ3) is 4.45. The molecule has 2 heterocycles. The summed E-state index contributed by atoms with van der Waals surface area (Å²) in [6.07, 6.45) is 0.458. The van der Waals surface area contributed by atoms with Crippen molar-refractivity contribution in [3.63, 3.8) is 0 Å². The first kappa shape index (κ1) is 18.9. The maximum absolute atomic E-state index is 12.6. The van der Waals surface area contributed by atoms with Crippen LogP contribution >= 0.6 is 0 Å². The minimum Gasteiger partial charge on any atom is -0.327 e. The summed E-state index contributed by atoms with van der Waals surface area (Å²) in [5.74, 6) is 0. The Morgan fingerprint density at radius 2 is 1.85 bits per heavy atom. The Morgan fingerprint density at radius 3 is 2.46 bits per heavy atom. The van der Waals surface area contributed by atoms with Crippen LogP contribution in [0.2, 0.25) is 0 Å². The number of piperidine rings is 1. The lowest BCUT2D eigenvalue weighted by Gasteiger charge is -2.42. The monoisotopic (exact) mass is 366 g/mol. The van der Waals surface area contributed by atoms with E-state index in [0.717, 1.165) is 49.3 Å². The van der Waals surface area contributed by atoms with E-state index in [2.05, 4.69) is 23.8 Å². The van der Waals surface area contributed by atoms with Gasteiger partial charge in [0, 0.05) is 37.4 Å². The predicted octanol–water partition coefficient (Wildman–Crippen LogP) is 3.51. The largest absolute Gasteiger partial charge is 0.416 e. The number of alkyl halides is 3. The van der Waals surface area contributed by atoms with E-state index in [1.165, 1.54) is 12.1 Å². The Morgan fingerprint density at radius 1 is 1.15 bits per heavy atom. The normalized spacial score (nSPS) is 21.1. The van der Waals surface area contributed by atoms with Crippen molar-refractivity contribution in [3.8, 4) is 0 Å². The first-order chi connectivity index (χ1) is 12.1. The molecule has 0 amide bonds. The number of nitrogens with two attached hydrogens (primary N) is 1. The van der Waals surface area contributed by atoms with Gasteiger partial charge in [-0.15, -0.1) is 0 Å². The standard InChI is InChI=1S/C19H25F3N4/c1-18(2)13-25(8-7-17(18)23)10-15-9-24-26(12-15)11-14-3-5-16(6-4-14)19(20,21)22/h3-6,9,12,17H,7-8,10-11,13,23H2,1-2H3. The number of halogens is 3. The Hall–Kier alpha value is -1.86. The maximum Gasteiger partial charge on any atom is 0.416 e. The Kier molecular flexibility index (Phi) is 5.12. The Labute approximate surface area is 151 Å². The van der Waals surface area contributed by atoms with Crippen molar-refractivity contribution in [2.75, 3.05) is 13.1 Å². The van der Waals surface area contributed by atoms with Gasteiger partial charge >= 0.3 is 6.18 Å². The molecule has 142 valence electrons. The molecular weight excluding hydrogens is 341 g/mol. The molecule has 0 aliphatic carbocycles. The van der Waals surface area contributed by atoms with Gasteiger partial charge in [-0.1, -0.05) is 26.0 Å². The highest BCUT2D eigenvalue weighted by Gasteiger charge is 2.33. The van der Waals surface area contributed by atoms with Crippen LogP contribution in [-0.2, 0) is 19.3 Å². The van der Waals surface area contributed by atoms with Gasteiger partial charge in [-0.3, -0.25) is 9.58 Å². The van der Waals surface area contributed by atoms with Crippen molar-refractivity contribution in [1.29, 1.82) is 0 Å². The van der Waals surface area contributed by atoms with Crippen molar-refractivity contribution in [2.45, 2.75) is 45.6 Å². The minimum atomic E-state index is -4.30. The number of rotatable bonds is 4. The lowest BCUT2D eigenvalue weighted by atomic mass is 9.79. The van der Waals surface area contributed by atoms with Crippen LogP contribution in [0.3, 0.4) is 0 Å². The van der Waals surface area contributed by atoms with Crippen LogP contribution in [0.1, 0.15) is 37.0 Å². The zero-order chi connectivity index (χ0) is 18.9. The number of likely N-dealkylation sites (tertiary alicyclic amines) is 1. The van der Waals surface area contributed by atoms with Gasteiger partial charge in [0.1, 0.15) is 0 Å². The molecular formula is C19H25F3N4. The second kappa shape index (κ2) is 7.04. The number of aromatic nitrogens is 2. The molecule has 1 fully saturated rings. The van der Waals surface area contributed by atoms with Crippen molar-refractivity contribution < 1.29 is 13.2 Å². The maximum atomic E-state index is 12.6. The summed E-state index contributed by atoms with van der Waals surface area (Å²) in [4.78, 5) is 2.38. The third-order valence-corrected chi connectivity index (χ3v) is 5.11. The summed E-state index contributed by atoms with van der Waals surface area (Å²) in [6, 6.07) is 5.44. The number of hydrogen-bond donors (Lipinski definition) is 1. The Balaban J connectivity index is 1.60. The average Bonchev–Trinajstić information content (AvgIpc) is 2.97. The van der Waals surface area contributed by atoms with E-state index >= 15 is 0 Å². The van der Waals surface area contributed by atoms with E-state index < -0.39 is 11.7 Å². The van der Waals surface area contributed by atoms with E-state index in [-0.39, 0.29) is 11.5 Å². The van der Waals surface area contributed by atoms with Gasteiger partial charge in [0.05, 0.1) is 18.3 Å². The molecule has 2 N–H and O–H groups in total. The first-order valence-corrected chi connectivity index (χ1v) is 8.79. The summed E-state index contributed by atoms with van der Waals surface area (Å²) in [5.41, 5.74) is 7.53. The second-order valence-electron chi connectivity index (χ2n) is 7.84. The van der Waals surface area contributed by atoms with Crippen LogP contribution in [0.5, 0.6) is 0 Å². The van der Waals surface area contributed by atoms with E-state index in [1.807, 2.05) is 12.4 Å². The molecule has 1 saturated heterocycles. The minimum absolute atomic E-state index is 0.0917. The fourth-order valence-electron chi connectivity index (χ4n) is 3.44. The third-order valence-electron chi connectivity index (χ3n) is 5.11. The van der Waals surface area contributed by atoms with E-state index in [4.69, 9.17) is 5.73 Å². The highest BCUT2D eigenvalue weighted by molar-refractivity contribution is 5.24. The van der Waals surface area contributed by atoms with Gasteiger partial charge < -0.3 is 5.73 Å². The lowest BCUT2D eigenvalue weighted by molar-refractivity contribution is -0.137. The van der Waals surface area contributed by atoms with Crippen molar-refractivity contribution in [2.24, 2.45) is 11.1 Å². The summed E-state index contributed by atoms with van der Waals surface area (Å²) >= 11 is 0. The van der Waals surface area contributed by atoms with Crippen LogP contribution in [0.4, 0.5) is 13.2 Å². The topological polar surface area (TPSA) is 47.1 Å². The molecule has 1 aromatic carbocycles. The molecule has 26 heavy (non-hydrogen) atoms. The van der Waals surface area contributed by atoms with Crippen molar-refractivity contribution >= 4 is 0 Å². The van der Waals surface area contributed by atoms with Crippen LogP contribution < -0.4 is 5.73 Å². The molecule has 1 aliphatic heterocycles. The van der Waals surface area contributed by atoms with Crippen LogP contribution in [0, 0.1) is 5.41 Å². The molecule has 0 radical (unpaired) electrons. The van der Waals surface area contributed by atoms with Crippen molar-refractivity contribution in [1.82, 2.24) is 14.7 Å². The zero-order valence-corrected chi connectivity index (χ0v) is 15.1. The van der Waals surface area contributed by atoms with Crippen LogP contribution in [-0.4, -0.2) is 33.8 Å². The molecule has 0 bridgehead atoms. The smallest absolute Gasteiger partial charge is 0.327 e. The summed E-state index contributed by atoms with van der Waals surface area (Å²) < 4.78 is 39.6. The van der Waals surface area contributed by atoms with Gasteiger partial charge in [-0.2, -0.15) is 18.3 Å². The van der Waals surface area contributed by atoms with E-state index in [9.17, 15) is 13.2 Å².